The first-order valence-electron chi connectivity index (χ1n) is 8.43. The summed E-state index contributed by atoms with van der Waals surface area (Å²) in [4.78, 5) is 11.3. The minimum absolute atomic E-state index is 0.0912. The minimum atomic E-state index is -2.54. The van der Waals surface area contributed by atoms with Crippen molar-refractivity contribution in [3.8, 4) is 0 Å². The molecule has 0 aromatic heterocycles. The van der Waals surface area contributed by atoms with E-state index in [1.807, 2.05) is 0 Å². The average Bonchev–Trinajstić information content (AvgIpc) is 2.58. The fourth-order valence-electron chi connectivity index (χ4n) is 3.19. The highest BCUT2D eigenvalue weighted by Gasteiger charge is 2.40. The first-order valence-corrected chi connectivity index (χ1v) is 10.4. The maximum Gasteiger partial charge on any atom is 0.500 e. The molecule has 3 unspecified atom stereocenters. The van der Waals surface area contributed by atoms with Crippen molar-refractivity contribution in [1.29, 1.82) is 0 Å². The molecule has 0 spiro atoms. The lowest BCUT2D eigenvalue weighted by Crippen LogP contribution is -2.44. The van der Waals surface area contributed by atoms with Crippen LogP contribution in [0.25, 0.3) is 0 Å². The maximum atomic E-state index is 11.3. The van der Waals surface area contributed by atoms with E-state index in [0.29, 0.717) is 19.1 Å². The van der Waals surface area contributed by atoms with Crippen LogP contribution in [0.1, 0.15) is 32.6 Å². The Morgan fingerprint density at radius 1 is 1.00 bits per heavy atom. The third-order valence-corrected chi connectivity index (χ3v) is 7.34. The van der Waals surface area contributed by atoms with Gasteiger partial charge in [-0.15, -0.1) is 0 Å². The van der Waals surface area contributed by atoms with Gasteiger partial charge < -0.3 is 27.5 Å². The van der Waals surface area contributed by atoms with Gasteiger partial charge in [0.2, 0.25) is 0 Å². The quantitative estimate of drug-likeness (QED) is 0.315. The van der Waals surface area contributed by atoms with Crippen molar-refractivity contribution in [1.82, 2.24) is 0 Å². The summed E-state index contributed by atoms with van der Waals surface area (Å²) in [6, 6.07) is 0.768. The topological polar surface area (TPSA) is 72.5 Å². The van der Waals surface area contributed by atoms with Gasteiger partial charge in [-0.1, -0.05) is 0 Å². The molecule has 1 aliphatic carbocycles. The van der Waals surface area contributed by atoms with Gasteiger partial charge in [0.15, 0.2) is 0 Å². The van der Waals surface area contributed by atoms with E-state index in [4.69, 9.17) is 27.5 Å². The molecule has 24 heavy (non-hydrogen) atoms. The van der Waals surface area contributed by atoms with Crippen molar-refractivity contribution in [3.63, 3.8) is 0 Å². The number of carbonyl (C=O) groups excluding carboxylic acids is 1. The third kappa shape index (κ3) is 6.77. The van der Waals surface area contributed by atoms with Crippen molar-refractivity contribution in [3.05, 3.63) is 0 Å². The van der Waals surface area contributed by atoms with Gasteiger partial charge in [-0.05, 0) is 31.6 Å². The van der Waals surface area contributed by atoms with Crippen LogP contribution in [-0.2, 0) is 32.3 Å². The first kappa shape index (κ1) is 21.5. The Hall–Kier alpha value is -0.513. The van der Waals surface area contributed by atoms with Gasteiger partial charge >= 0.3 is 14.8 Å². The van der Waals surface area contributed by atoms with Crippen LogP contribution in [0.3, 0.4) is 0 Å². The normalized spacial score (nSPS) is 24.8. The van der Waals surface area contributed by atoms with Crippen LogP contribution in [0.5, 0.6) is 0 Å². The summed E-state index contributed by atoms with van der Waals surface area (Å²) in [5.74, 6) is 0.208. The average molecular weight is 365 g/mol. The van der Waals surface area contributed by atoms with Crippen LogP contribution in [-0.4, -0.2) is 68.6 Å². The molecule has 8 heteroatoms. The van der Waals surface area contributed by atoms with E-state index < -0.39 is 8.80 Å². The van der Waals surface area contributed by atoms with Gasteiger partial charge in [-0.25, -0.2) is 0 Å². The summed E-state index contributed by atoms with van der Waals surface area (Å²) >= 11 is 0. The molecule has 7 nitrogen and oxygen atoms in total. The SMILES string of the molecule is COCCOC1CC(CC[Si](OC)(OC)OC)CCC1OC(C)=O. The highest BCUT2D eigenvalue weighted by molar-refractivity contribution is 6.60. The van der Waals surface area contributed by atoms with E-state index in [1.54, 1.807) is 28.4 Å². The molecule has 0 radical (unpaired) electrons. The smallest absolute Gasteiger partial charge is 0.460 e. The second kappa shape index (κ2) is 11.2. The second-order valence-electron chi connectivity index (χ2n) is 6.06. The molecule has 0 heterocycles. The van der Waals surface area contributed by atoms with E-state index in [1.165, 1.54) is 6.92 Å². The molecular weight excluding hydrogens is 332 g/mol. The largest absolute Gasteiger partial charge is 0.500 e. The van der Waals surface area contributed by atoms with Gasteiger partial charge in [0.05, 0.1) is 19.3 Å². The Labute approximate surface area is 146 Å². The number of esters is 1. The van der Waals surface area contributed by atoms with E-state index in [-0.39, 0.29) is 18.2 Å². The number of rotatable bonds is 11. The number of methoxy groups -OCH3 is 1. The molecule has 1 aliphatic rings. The van der Waals surface area contributed by atoms with E-state index in [9.17, 15) is 4.79 Å². The van der Waals surface area contributed by atoms with Gasteiger partial charge in [-0.2, -0.15) is 0 Å². The monoisotopic (exact) mass is 364 g/mol. The number of ether oxygens (including phenoxy) is 3. The molecule has 0 aromatic rings. The summed E-state index contributed by atoms with van der Waals surface area (Å²) in [7, 11) is 3.99. The molecule has 1 fully saturated rings. The van der Waals surface area contributed by atoms with Crippen LogP contribution in [0.15, 0.2) is 0 Å². The van der Waals surface area contributed by atoms with Crippen LogP contribution in [0, 0.1) is 5.92 Å². The zero-order chi connectivity index (χ0) is 18.0. The zero-order valence-corrected chi connectivity index (χ0v) is 16.5. The summed E-state index contributed by atoms with van der Waals surface area (Å²) in [5.41, 5.74) is 0. The summed E-state index contributed by atoms with van der Waals surface area (Å²) in [6.07, 6.45) is 3.33. The van der Waals surface area contributed by atoms with Crippen LogP contribution in [0.2, 0.25) is 6.04 Å². The lowest BCUT2D eigenvalue weighted by molar-refractivity contribution is -0.161. The lowest BCUT2D eigenvalue weighted by atomic mass is 9.83. The molecule has 0 aromatic carbocycles. The van der Waals surface area contributed by atoms with Gasteiger partial charge in [0.1, 0.15) is 6.10 Å². The van der Waals surface area contributed by atoms with E-state index >= 15 is 0 Å². The fraction of sp³-hybridized carbons (Fsp3) is 0.938. The molecule has 0 saturated heterocycles. The lowest BCUT2D eigenvalue weighted by Gasteiger charge is -2.36. The molecule has 0 N–H and O–H groups in total. The number of hydrogen-bond acceptors (Lipinski definition) is 7. The molecule has 1 rings (SSSR count). The summed E-state index contributed by atoms with van der Waals surface area (Å²) < 4.78 is 32.8. The molecule has 142 valence electrons. The predicted octanol–water partition coefficient (Wildman–Crippen LogP) is 2.02. The second-order valence-corrected chi connectivity index (χ2v) is 9.15. The van der Waals surface area contributed by atoms with Crippen LogP contribution < -0.4 is 0 Å². The van der Waals surface area contributed by atoms with Crippen molar-refractivity contribution in [2.75, 3.05) is 41.7 Å². The Morgan fingerprint density at radius 2 is 1.67 bits per heavy atom. The molecule has 0 aliphatic heterocycles. The summed E-state index contributed by atoms with van der Waals surface area (Å²) in [5, 5.41) is 0. The highest BCUT2D eigenvalue weighted by atomic mass is 28.4. The van der Waals surface area contributed by atoms with Crippen LogP contribution in [0.4, 0.5) is 0 Å². The third-order valence-electron chi connectivity index (χ3n) is 4.57. The molecule has 0 amide bonds. The first-order chi connectivity index (χ1) is 11.5. The van der Waals surface area contributed by atoms with Gasteiger partial charge in [-0.3, -0.25) is 4.79 Å². The van der Waals surface area contributed by atoms with Gasteiger partial charge in [0.25, 0.3) is 0 Å². The maximum absolute atomic E-state index is 11.3. The zero-order valence-electron chi connectivity index (χ0n) is 15.5. The molecule has 3 atom stereocenters. The van der Waals surface area contributed by atoms with Crippen molar-refractivity contribution < 1.29 is 32.3 Å². The molecule has 1 saturated carbocycles. The van der Waals surface area contributed by atoms with Gasteiger partial charge in [0, 0.05) is 41.4 Å². The Balaban J connectivity index is 2.57. The Bertz CT molecular complexity index is 354. The predicted molar refractivity (Wildman–Crippen MR) is 90.7 cm³/mol. The molecular formula is C16H32O7Si. The molecule has 0 bridgehead atoms. The van der Waals surface area contributed by atoms with Crippen molar-refractivity contribution >= 4 is 14.8 Å². The highest BCUT2D eigenvalue weighted by Crippen LogP contribution is 2.33. The van der Waals surface area contributed by atoms with Crippen LogP contribution >= 0.6 is 0 Å². The Kier molecular flexibility index (Phi) is 10.0. The minimum Gasteiger partial charge on any atom is -0.460 e. The number of hydrogen-bond donors (Lipinski definition) is 0. The van der Waals surface area contributed by atoms with E-state index in [0.717, 1.165) is 31.7 Å². The summed E-state index contributed by atoms with van der Waals surface area (Å²) in [6.45, 7) is 2.47. The standard InChI is InChI=1S/C16H32O7Si/c1-13(17)23-15-7-6-14(12-16(15)22-10-9-18-2)8-11-24(19-3,20-4)21-5/h14-16H,6-12H2,1-5H3. The van der Waals surface area contributed by atoms with Crippen molar-refractivity contribution in [2.24, 2.45) is 5.92 Å². The van der Waals surface area contributed by atoms with Crippen molar-refractivity contribution in [2.45, 2.75) is 50.9 Å². The van der Waals surface area contributed by atoms with E-state index in [2.05, 4.69) is 0 Å². The fourth-order valence-corrected chi connectivity index (χ4v) is 5.06. The number of carbonyl (C=O) groups is 1. The Morgan fingerprint density at radius 3 is 2.21 bits per heavy atom.